The molecule has 172 valence electrons. The van der Waals surface area contributed by atoms with E-state index in [-0.39, 0.29) is 20.9 Å². The quantitative estimate of drug-likeness (QED) is 0.465. The number of carbonyl (C=O) groups is 1. The molecule has 9 heteroatoms. The van der Waals surface area contributed by atoms with Crippen LogP contribution in [-0.2, 0) is 26.5 Å². The fourth-order valence-corrected chi connectivity index (χ4v) is 5.45. The summed E-state index contributed by atoms with van der Waals surface area (Å²) in [6.07, 6.45) is 3.43. The fraction of sp³-hybridized carbons (Fsp3) is 0.478. The van der Waals surface area contributed by atoms with Crippen LogP contribution in [-0.4, -0.2) is 54.0 Å². The molecular formula is C23H30N3O5S+. The lowest BCUT2D eigenvalue weighted by atomic mass is 9.94. The molecule has 0 radical (unpaired) electrons. The summed E-state index contributed by atoms with van der Waals surface area (Å²) >= 11 is 0. The lowest BCUT2D eigenvalue weighted by Gasteiger charge is -2.25. The Morgan fingerprint density at radius 2 is 1.94 bits per heavy atom. The molecule has 8 nitrogen and oxygen atoms in total. The molecule has 3 heterocycles. The molecule has 0 amide bonds. The van der Waals surface area contributed by atoms with Crippen LogP contribution in [0.3, 0.4) is 0 Å². The molecule has 1 aliphatic heterocycles. The molecule has 0 atom stereocenters. The SMILES string of the molecule is COC(=O)c1cc(S(=O)(=O)c2ccc3c(c2)nc(C(C)(C)C)n3CC2CC[OH+]CC2)c[nH]1. The Morgan fingerprint density at radius 3 is 2.59 bits per heavy atom. The van der Waals surface area contributed by atoms with E-state index in [4.69, 9.17) is 4.98 Å². The van der Waals surface area contributed by atoms with Gasteiger partial charge in [0.05, 0.1) is 27.9 Å². The molecule has 32 heavy (non-hydrogen) atoms. The summed E-state index contributed by atoms with van der Waals surface area (Å²) in [4.78, 5) is 19.4. The standard InChI is InChI=1S/C23H29N3O5S/c1-23(2,3)22-25-18-11-16(32(28,29)17-12-19(24-13-17)21(27)30-4)5-6-20(18)26(22)14-15-7-9-31-10-8-15/h5-6,11-13,15,24H,7-10,14H2,1-4H3/p+1. The van der Waals surface area contributed by atoms with E-state index in [0.29, 0.717) is 11.4 Å². The molecule has 1 aromatic carbocycles. The van der Waals surface area contributed by atoms with Gasteiger partial charge in [0.1, 0.15) is 24.7 Å². The van der Waals surface area contributed by atoms with Crippen molar-refractivity contribution in [3.8, 4) is 0 Å². The lowest BCUT2D eigenvalue weighted by Crippen LogP contribution is -2.26. The maximum atomic E-state index is 13.2. The van der Waals surface area contributed by atoms with Crippen molar-refractivity contribution >= 4 is 26.8 Å². The Morgan fingerprint density at radius 1 is 1.22 bits per heavy atom. The maximum Gasteiger partial charge on any atom is 0.354 e. The van der Waals surface area contributed by atoms with Crippen molar-refractivity contribution in [2.24, 2.45) is 5.92 Å². The number of imidazole rings is 1. The van der Waals surface area contributed by atoms with Crippen molar-refractivity contribution < 1.29 is 22.7 Å². The number of fused-ring (bicyclic) bond motifs is 1. The summed E-state index contributed by atoms with van der Waals surface area (Å²) in [7, 11) is -2.57. The predicted molar refractivity (Wildman–Crippen MR) is 121 cm³/mol. The summed E-state index contributed by atoms with van der Waals surface area (Å²) in [6, 6.07) is 6.37. The number of nitrogens with one attached hydrogen (secondary N) is 1. The van der Waals surface area contributed by atoms with Crippen LogP contribution in [0.4, 0.5) is 0 Å². The summed E-state index contributed by atoms with van der Waals surface area (Å²) < 4.78 is 37.7. The third-order valence-electron chi connectivity index (χ3n) is 5.90. The van der Waals surface area contributed by atoms with Crippen LogP contribution in [0.2, 0.25) is 0 Å². The first-order valence-corrected chi connectivity index (χ1v) is 12.3. The van der Waals surface area contributed by atoms with Crippen molar-refractivity contribution in [3.63, 3.8) is 0 Å². The van der Waals surface area contributed by atoms with E-state index in [1.807, 2.05) is 6.07 Å². The monoisotopic (exact) mass is 460 g/mol. The van der Waals surface area contributed by atoms with E-state index in [2.05, 4.69) is 39.8 Å². The highest BCUT2D eigenvalue weighted by atomic mass is 32.2. The van der Waals surface area contributed by atoms with Gasteiger partial charge in [-0.2, -0.15) is 0 Å². The number of nitrogens with zero attached hydrogens (tertiary/aromatic N) is 2. The number of sulfone groups is 1. The Kier molecular flexibility index (Phi) is 5.89. The number of rotatable bonds is 5. The highest BCUT2D eigenvalue weighted by Gasteiger charge is 2.28. The van der Waals surface area contributed by atoms with Gasteiger partial charge in [-0.15, -0.1) is 0 Å². The fourth-order valence-electron chi connectivity index (χ4n) is 4.17. The van der Waals surface area contributed by atoms with Gasteiger partial charge in [0.25, 0.3) is 0 Å². The van der Waals surface area contributed by atoms with Gasteiger partial charge in [-0.05, 0) is 30.2 Å². The van der Waals surface area contributed by atoms with Gasteiger partial charge in [0.2, 0.25) is 9.84 Å². The van der Waals surface area contributed by atoms with Crippen molar-refractivity contribution in [1.29, 1.82) is 0 Å². The van der Waals surface area contributed by atoms with Crippen LogP contribution < -0.4 is 0 Å². The number of carbonyl (C=O) groups excluding carboxylic acids is 1. The highest BCUT2D eigenvalue weighted by molar-refractivity contribution is 7.91. The lowest BCUT2D eigenvalue weighted by molar-refractivity contribution is -0.0810. The third kappa shape index (κ3) is 4.19. The third-order valence-corrected chi connectivity index (χ3v) is 7.64. The minimum Gasteiger partial charge on any atom is -0.464 e. The van der Waals surface area contributed by atoms with Crippen molar-refractivity contribution in [2.75, 3.05) is 20.3 Å². The second-order valence-electron chi connectivity index (χ2n) is 9.30. The Hall–Kier alpha value is -2.65. The number of H-pyrrole nitrogens is 1. The Bertz CT molecular complexity index is 1240. The van der Waals surface area contributed by atoms with Crippen LogP contribution in [0.15, 0.2) is 40.3 Å². The first kappa shape index (κ1) is 22.5. The van der Waals surface area contributed by atoms with Gasteiger partial charge in [0, 0.05) is 31.0 Å². The average Bonchev–Trinajstić information content (AvgIpc) is 3.39. The Balaban J connectivity index is 1.75. The van der Waals surface area contributed by atoms with Crippen LogP contribution in [0, 0.1) is 5.92 Å². The van der Waals surface area contributed by atoms with Gasteiger partial charge in [-0.25, -0.2) is 18.2 Å². The number of aliphatic hydroxyl groups is 2. The largest absolute Gasteiger partial charge is 0.464 e. The van der Waals surface area contributed by atoms with E-state index in [1.54, 1.807) is 12.1 Å². The summed E-state index contributed by atoms with van der Waals surface area (Å²) in [5, 5.41) is 0. The first-order valence-electron chi connectivity index (χ1n) is 10.8. The molecule has 1 aliphatic rings. The summed E-state index contributed by atoms with van der Waals surface area (Å²) in [5.74, 6) is 0.858. The van der Waals surface area contributed by atoms with Gasteiger partial charge >= 0.3 is 5.97 Å². The van der Waals surface area contributed by atoms with Crippen molar-refractivity contribution in [2.45, 2.75) is 55.4 Å². The number of aromatic amines is 1. The van der Waals surface area contributed by atoms with Crippen molar-refractivity contribution in [3.05, 3.63) is 42.0 Å². The van der Waals surface area contributed by atoms with Gasteiger partial charge < -0.3 is 19.0 Å². The number of hydrogen-bond donors (Lipinski definition) is 1. The van der Waals surface area contributed by atoms with Gasteiger partial charge in [0.15, 0.2) is 0 Å². The molecule has 2 N–H and O–H groups in total. The number of aromatic nitrogens is 3. The average molecular weight is 461 g/mol. The molecule has 4 rings (SSSR count). The van der Waals surface area contributed by atoms with E-state index >= 15 is 0 Å². The van der Waals surface area contributed by atoms with E-state index in [1.165, 1.54) is 19.4 Å². The number of hydrogen-bond acceptors (Lipinski definition) is 5. The molecule has 3 aromatic rings. The van der Waals surface area contributed by atoms with Crippen molar-refractivity contribution in [1.82, 2.24) is 14.5 Å². The maximum absolute atomic E-state index is 13.2. The summed E-state index contributed by atoms with van der Waals surface area (Å²) in [6.45, 7) is 9.00. The second kappa shape index (κ2) is 8.37. The molecule has 2 aromatic heterocycles. The van der Waals surface area contributed by atoms with Crippen LogP contribution in [0.25, 0.3) is 11.0 Å². The zero-order chi connectivity index (χ0) is 23.1. The number of esters is 1. The topological polar surface area (TPSA) is 107 Å². The molecule has 0 unspecified atom stereocenters. The van der Waals surface area contributed by atoms with E-state index in [9.17, 15) is 13.2 Å². The summed E-state index contributed by atoms with van der Waals surface area (Å²) in [5.41, 5.74) is 1.49. The zero-order valence-corrected chi connectivity index (χ0v) is 19.7. The minimum atomic E-state index is -3.82. The normalized spacial score (nSPS) is 15.9. The zero-order valence-electron chi connectivity index (χ0n) is 18.9. The molecule has 0 spiro atoms. The highest BCUT2D eigenvalue weighted by Crippen LogP contribution is 2.31. The number of methoxy groups -OCH3 is 1. The molecule has 0 aliphatic carbocycles. The molecule has 0 saturated carbocycles. The molecule has 1 fully saturated rings. The first-order chi connectivity index (χ1) is 15.1. The smallest absolute Gasteiger partial charge is 0.354 e. The Labute approximate surface area is 187 Å². The molecule has 1 saturated heterocycles. The number of benzene rings is 1. The van der Waals surface area contributed by atoms with E-state index < -0.39 is 15.8 Å². The van der Waals surface area contributed by atoms with Gasteiger partial charge in [-0.3, -0.25) is 0 Å². The van der Waals surface area contributed by atoms with Crippen LogP contribution >= 0.6 is 0 Å². The minimum absolute atomic E-state index is 0.0127. The van der Waals surface area contributed by atoms with E-state index in [0.717, 1.165) is 43.9 Å². The van der Waals surface area contributed by atoms with Crippen LogP contribution in [0.5, 0.6) is 0 Å². The van der Waals surface area contributed by atoms with Crippen LogP contribution in [0.1, 0.15) is 49.9 Å². The molecular weight excluding hydrogens is 430 g/mol. The second-order valence-corrected chi connectivity index (χ2v) is 11.3. The number of ether oxygens (including phenoxy) is 2. The predicted octanol–water partition coefficient (Wildman–Crippen LogP) is 3.22. The molecule has 0 bridgehead atoms. The van der Waals surface area contributed by atoms with Gasteiger partial charge in [-0.1, -0.05) is 20.8 Å².